The normalized spacial score (nSPS) is 45.6. The molecular formula is C39H59NO7. The third-order valence-electron chi connectivity index (χ3n) is 15.6. The summed E-state index contributed by atoms with van der Waals surface area (Å²) in [6, 6.07) is -0.595. The molecule has 1 aliphatic heterocycles. The molecular weight excluding hydrogens is 594 g/mol. The fraction of sp³-hybridized carbons (Fsp3) is 0.846. The van der Waals surface area contributed by atoms with E-state index in [2.05, 4.69) is 48.5 Å². The average molecular weight is 654 g/mol. The van der Waals surface area contributed by atoms with Crippen molar-refractivity contribution in [2.75, 3.05) is 20.8 Å². The van der Waals surface area contributed by atoms with Gasteiger partial charge in [0, 0.05) is 17.9 Å². The lowest BCUT2D eigenvalue weighted by molar-refractivity contribution is -0.203. The molecule has 5 fully saturated rings. The van der Waals surface area contributed by atoms with E-state index < -0.39 is 17.6 Å². The van der Waals surface area contributed by atoms with Gasteiger partial charge in [-0.25, -0.2) is 9.59 Å². The first-order valence-electron chi connectivity index (χ1n) is 18.3. The van der Waals surface area contributed by atoms with E-state index >= 15 is 0 Å². The molecule has 0 N–H and O–H groups in total. The summed E-state index contributed by atoms with van der Waals surface area (Å²) in [5.41, 5.74) is -0.0982. The maximum Gasteiger partial charge on any atom is 0.410 e. The molecule has 0 radical (unpaired) electrons. The van der Waals surface area contributed by atoms with Gasteiger partial charge in [-0.15, -0.1) is 0 Å². The van der Waals surface area contributed by atoms with Gasteiger partial charge in [0.1, 0.15) is 12.1 Å². The van der Waals surface area contributed by atoms with E-state index in [0.717, 1.165) is 64.2 Å². The van der Waals surface area contributed by atoms with Crippen LogP contribution in [0.1, 0.15) is 126 Å². The van der Waals surface area contributed by atoms with E-state index in [4.69, 9.17) is 14.2 Å². The van der Waals surface area contributed by atoms with Crippen LogP contribution >= 0.6 is 0 Å². The first kappa shape index (κ1) is 34.5. The standard InChI is InChI=1S/C39H59NO7/c1-34(2)28-13-16-39(7)30(37(28,5)15-14-29(34)47-33(44)40-21-11-10-12-26(40)31(42)45-8)27(41)22-24-25-23-36(4,32(43)46-9)18-17-35(25,3)19-20-38(24,39)6/h22,25-26,28-30H,10-21,23H2,1-9H3/t25-,26+,28-,29+,30+,35-,36+,37+,38-,39+/m0/s1. The topological polar surface area (TPSA) is 99.2 Å². The Morgan fingerprint density at radius 1 is 0.830 bits per heavy atom. The van der Waals surface area contributed by atoms with E-state index in [0.29, 0.717) is 19.4 Å². The minimum atomic E-state index is -0.595. The predicted octanol–water partition coefficient (Wildman–Crippen LogP) is 7.67. The highest BCUT2D eigenvalue weighted by Crippen LogP contribution is 2.75. The second-order valence-electron chi connectivity index (χ2n) is 18.2. The van der Waals surface area contributed by atoms with Gasteiger partial charge in [-0.05, 0) is 124 Å². The van der Waals surface area contributed by atoms with Gasteiger partial charge in [0.15, 0.2) is 5.78 Å². The Labute approximate surface area is 282 Å². The molecule has 6 aliphatic rings. The number of carbonyl (C=O) groups excluding carboxylic acids is 4. The summed E-state index contributed by atoms with van der Waals surface area (Å²) in [6.45, 7) is 16.6. The van der Waals surface area contributed by atoms with Crippen molar-refractivity contribution >= 4 is 23.8 Å². The lowest BCUT2D eigenvalue weighted by Gasteiger charge is -2.70. The molecule has 1 heterocycles. The molecule has 6 rings (SSSR count). The zero-order valence-electron chi connectivity index (χ0n) is 30.5. The molecule has 0 spiro atoms. The number of carbonyl (C=O) groups is 4. The fourth-order valence-corrected chi connectivity index (χ4v) is 12.5. The highest BCUT2D eigenvalue weighted by molar-refractivity contribution is 5.95. The van der Waals surface area contributed by atoms with Gasteiger partial charge in [-0.2, -0.15) is 0 Å². The molecule has 47 heavy (non-hydrogen) atoms. The van der Waals surface area contributed by atoms with E-state index in [9.17, 15) is 19.2 Å². The highest BCUT2D eigenvalue weighted by atomic mass is 16.6. The number of ether oxygens (including phenoxy) is 3. The second-order valence-corrected chi connectivity index (χ2v) is 18.2. The van der Waals surface area contributed by atoms with E-state index in [1.54, 1.807) is 4.90 Å². The van der Waals surface area contributed by atoms with Crippen molar-refractivity contribution in [2.24, 2.45) is 50.2 Å². The molecule has 4 saturated carbocycles. The quantitative estimate of drug-likeness (QED) is 0.228. The number of likely N-dealkylation sites (tertiary alicyclic amines) is 1. The van der Waals surface area contributed by atoms with Crippen LogP contribution in [0.4, 0.5) is 4.79 Å². The molecule has 1 saturated heterocycles. The van der Waals surface area contributed by atoms with Crippen LogP contribution < -0.4 is 0 Å². The van der Waals surface area contributed by atoms with Gasteiger partial charge >= 0.3 is 18.0 Å². The van der Waals surface area contributed by atoms with Crippen LogP contribution in [0.5, 0.6) is 0 Å². The van der Waals surface area contributed by atoms with Gasteiger partial charge in [-0.3, -0.25) is 14.5 Å². The summed E-state index contributed by atoms with van der Waals surface area (Å²) >= 11 is 0. The van der Waals surface area contributed by atoms with Gasteiger partial charge in [0.2, 0.25) is 0 Å². The Hall–Kier alpha value is -2.38. The number of nitrogens with zero attached hydrogens (tertiary/aromatic N) is 1. The van der Waals surface area contributed by atoms with Crippen molar-refractivity contribution in [1.29, 1.82) is 0 Å². The molecule has 5 aliphatic carbocycles. The SMILES string of the molecule is COC(=O)[C@H]1CCCCN1C(=O)O[C@@H]1CC[C@@]2(C)[C@H]3C(=O)C=C4[C@@H]5C[C@](C)(C(=O)OC)CC[C@@]5(C)CC[C@]4(C)[C@]3(C)CC[C@H]2C1(C)C. The van der Waals surface area contributed by atoms with Gasteiger partial charge in [0.25, 0.3) is 0 Å². The number of piperidine rings is 1. The highest BCUT2D eigenvalue weighted by Gasteiger charge is 2.70. The van der Waals surface area contributed by atoms with Crippen LogP contribution in [0.15, 0.2) is 11.6 Å². The largest absolute Gasteiger partial charge is 0.469 e. The first-order valence-corrected chi connectivity index (χ1v) is 18.3. The lowest BCUT2D eigenvalue weighted by atomic mass is 9.33. The molecule has 10 atom stereocenters. The number of ketones is 1. The van der Waals surface area contributed by atoms with Crippen molar-refractivity contribution in [3.63, 3.8) is 0 Å². The monoisotopic (exact) mass is 653 g/mol. The smallest absolute Gasteiger partial charge is 0.410 e. The van der Waals surface area contributed by atoms with Crippen LogP contribution in [-0.2, 0) is 28.6 Å². The molecule has 8 nitrogen and oxygen atoms in total. The molecule has 0 aromatic rings. The van der Waals surface area contributed by atoms with Crippen LogP contribution in [0, 0.1) is 50.2 Å². The van der Waals surface area contributed by atoms with E-state index in [-0.39, 0.29) is 68.7 Å². The number of methoxy groups -OCH3 is 2. The first-order chi connectivity index (χ1) is 21.9. The van der Waals surface area contributed by atoms with E-state index in [1.165, 1.54) is 19.8 Å². The van der Waals surface area contributed by atoms with Crippen LogP contribution in [0.25, 0.3) is 0 Å². The second kappa shape index (κ2) is 11.3. The molecule has 0 bridgehead atoms. The van der Waals surface area contributed by atoms with E-state index in [1.807, 2.05) is 6.08 Å². The van der Waals surface area contributed by atoms with Crippen molar-refractivity contribution in [2.45, 2.75) is 138 Å². The van der Waals surface area contributed by atoms with Crippen molar-refractivity contribution in [1.82, 2.24) is 4.90 Å². The number of allylic oxidation sites excluding steroid dienone is 2. The summed E-state index contributed by atoms with van der Waals surface area (Å²) in [7, 11) is 2.86. The third-order valence-corrected chi connectivity index (χ3v) is 15.6. The van der Waals surface area contributed by atoms with Crippen LogP contribution in [0.3, 0.4) is 0 Å². The Morgan fingerprint density at radius 2 is 1.53 bits per heavy atom. The number of hydrogen-bond acceptors (Lipinski definition) is 7. The van der Waals surface area contributed by atoms with Crippen molar-refractivity contribution < 1.29 is 33.4 Å². The number of hydrogen-bond donors (Lipinski definition) is 0. The molecule has 0 unspecified atom stereocenters. The number of rotatable bonds is 3. The maximum atomic E-state index is 14.7. The summed E-state index contributed by atoms with van der Waals surface area (Å²) in [5.74, 6) is -0.00179. The van der Waals surface area contributed by atoms with Gasteiger partial charge in [0.05, 0.1) is 19.6 Å². The molecule has 1 amide bonds. The molecule has 0 aromatic heterocycles. The maximum absolute atomic E-state index is 14.7. The minimum absolute atomic E-state index is 0.0780. The summed E-state index contributed by atoms with van der Waals surface area (Å²) in [4.78, 5) is 55.4. The summed E-state index contributed by atoms with van der Waals surface area (Å²) in [5, 5.41) is 0. The summed E-state index contributed by atoms with van der Waals surface area (Å²) < 4.78 is 16.6. The van der Waals surface area contributed by atoms with Crippen LogP contribution in [-0.4, -0.2) is 61.6 Å². The molecule has 8 heteroatoms. The Bertz CT molecular complexity index is 1370. The summed E-state index contributed by atoms with van der Waals surface area (Å²) in [6.07, 6.45) is 11.7. The minimum Gasteiger partial charge on any atom is -0.469 e. The Kier molecular flexibility index (Phi) is 8.31. The van der Waals surface area contributed by atoms with Crippen molar-refractivity contribution in [3.05, 3.63) is 11.6 Å². The lowest BCUT2D eigenvalue weighted by Crippen LogP contribution is -2.67. The number of esters is 2. The zero-order chi connectivity index (χ0) is 34.4. The number of amides is 1. The van der Waals surface area contributed by atoms with Crippen molar-refractivity contribution in [3.8, 4) is 0 Å². The molecule has 262 valence electrons. The van der Waals surface area contributed by atoms with Crippen LogP contribution in [0.2, 0.25) is 0 Å². The fourth-order valence-electron chi connectivity index (χ4n) is 12.5. The number of fused-ring (bicyclic) bond motifs is 7. The van der Waals surface area contributed by atoms with Gasteiger partial charge in [-0.1, -0.05) is 47.1 Å². The third kappa shape index (κ3) is 4.87. The Balaban J connectivity index is 1.29. The zero-order valence-corrected chi connectivity index (χ0v) is 30.5. The molecule has 0 aromatic carbocycles. The van der Waals surface area contributed by atoms with Gasteiger partial charge < -0.3 is 14.2 Å². The Morgan fingerprint density at radius 3 is 2.21 bits per heavy atom. The average Bonchev–Trinajstić information content (AvgIpc) is 3.03. The predicted molar refractivity (Wildman–Crippen MR) is 178 cm³/mol.